The van der Waals surface area contributed by atoms with E-state index < -0.39 is 5.92 Å². The monoisotopic (exact) mass is 352 g/mol. The molecule has 0 fully saturated rings. The number of dihydropyridines is 1. The second-order valence-electron chi connectivity index (χ2n) is 7.62. The number of hydrogen-bond donors (Lipinski definition) is 1. The number of ether oxygens (including phenoxy) is 2. The minimum atomic E-state index is -0.440. The topological polar surface area (TPSA) is 71.3 Å². The highest BCUT2D eigenvalue weighted by Gasteiger charge is 2.42. The maximum Gasteiger partial charge on any atom is 0.164 e. The van der Waals surface area contributed by atoms with Crippen LogP contribution in [0, 0.1) is 16.7 Å². The summed E-state index contributed by atoms with van der Waals surface area (Å²) >= 11 is 0. The number of nitrogens with one attached hydrogen (secondary N) is 1. The number of rotatable bonds is 3. The normalized spacial score (nSPS) is 21.7. The molecular formula is C21H24N2O3. The first-order valence-electron chi connectivity index (χ1n) is 8.68. The van der Waals surface area contributed by atoms with E-state index in [9.17, 15) is 10.1 Å². The predicted octanol–water partition coefficient (Wildman–Crippen LogP) is 3.83. The first-order valence-corrected chi connectivity index (χ1v) is 8.68. The third kappa shape index (κ3) is 2.86. The summed E-state index contributed by atoms with van der Waals surface area (Å²) in [6.45, 7) is 6.07. The van der Waals surface area contributed by atoms with Gasteiger partial charge in [0.2, 0.25) is 0 Å². The summed E-state index contributed by atoms with van der Waals surface area (Å²) in [6.07, 6.45) is 1.24. The number of allylic oxidation sites excluding steroid dienone is 4. The molecule has 0 saturated heterocycles. The van der Waals surface area contributed by atoms with Crippen molar-refractivity contribution in [3.8, 4) is 17.6 Å². The maximum atomic E-state index is 13.0. The molecule has 1 aromatic rings. The SMILES string of the molecule is COc1cccc([C@H]2C(C#N)=C(C)NC3=C2C(=O)CC(C)(C)C3)c1OC. The Morgan fingerprint density at radius 1 is 1.23 bits per heavy atom. The first kappa shape index (κ1) is 18.1. The van der Waals surface area contributed by atoms with Crippen molar-refractivity contribution < 1.29 is 14.3 Å². The van der Waals surface area contributed by atoms with Crippen LogP contribution in [0.1, 0.15) is 45.1 Å². The zero-order valence-corrected chi connectivity index (χ0v) is 15.9. The molecule has 0 unspecified atom stereocenters. The maximum absolute atomic E-state index is 13.0. The van der Waals surface area contributed by atoms with Crippen molar-refractivity contribution in [1.29, 1.82) is 5.26 Å². The second kappa shape index (κ2) is 6.53. The highest BCUT2D eigenvalue weighted by atomic mass is 16.5. The minimum absolute atomic E-state index is 0.0823. The fourth-order valence-electron chi connectivity index (χ4n) is 4.03. The van der Waals surface area contributed by atoms with Crippen molar-refractivity contribution in [3.05, 3.63) is 46.3 Å². The van der Waals surface area contributed by atoms with Crippen LogP contribution in [0.4, 0.5) is 0 Å². The lowest BCUT2D eigenvalue weighted by atomic mass is 9.68. The van der Waals surface area contributed by atoms with Crippen molar-refractivity contribution in [2.24, 2.45) is 5.41 Å². The molecule has 3 rings (SSSR count). The van der Waals surface area contributed by atoms with Gasteiger partial charge in [-0.3, -0.25) is 4.79 Å². The Balaban J connectivity index is 2.26. The quantitative estimate of drug-likeness (QED) is 0.895. The van der Waals surface area contributed by atoms with Gasteiger partial charge >= 0.3 is 0 Å². The number of hydrogen-bond acceptors (Lipinski definition) is 5. The summed E-state index contributed by atoms with van der Waals surface area (Å²) in [5.74, 6) is 0.792. The van der Waals surface area contributed by atoms with Crippen LogP contribution in [-0.2, 0) is 4.79 Å². The van der Waals surface area contributed by atoms with E-state index in [1.165, 1.54) is 0 Å². The lowest BCUT2D eigenvalue weighted by molar-refractivity contribution is -0.118. The molecule has 5 heteroatoms. The molecule has 0 saturated carbocycles. The van der Waals surface area contributed by atoms with Crippen molar-refractivity contribution in [1.82, 2.24) is 5.32 Å². The Morgan fingerprint density at radius 2 is 1.96 bits per heavy atom. The fraction of sp³-hybridized carbons (Fsp3) is 0.429. The van der Waals surface area contributed by atoms with Crippen LogP contribution in [0.3, 0.4) is 0 Å². The first-order chi connectivity index (χ1) is 12.3. The fourth-order valence-corrected chi connectivity index (χ4v) is 4.03. The zero-order valence-electron chi connectivity index (χ0n) is 15.9. The third-order valence-corrected chi connectivity index (χ3v) is 5.10. The number of carbonyl (C=O) groups excluding carboxylic acids is 1. The van der Waals surface area contributed by atoms with Crippen LogP contribution in [0.2, 0.25) is 0 Å². The molecule has 136 valence electrons. The van der Waals surface area contributed by atoms with E-state index in [1.807, 2.05) is 25.1 Å². The predicted molar refractivity (Wildman–Crippen MR) is 98.8 cm³/mol. The van der Waals surface area contributed by atoms with Gasteiger partial charge < -0.3 is 14.8 Å². The van der Waals surface area contributed by atoms with Gasteiger partial charge in [-0.25, -0.2) is 0 Å². The minimum Gasteiger partial charge on any atom is -0.493 e. The van der Waals surface area contributed by atoms with Crippen molar-refractivity contribution in [3.63, 3.8) is 0 Å². The highest BCUT2D eigenvalue weighted by Crippen LogP contribution is 2.49. The Hall–Kier alpha value is -2.74. The molecule has 0 radical (unpaired) electrons. The van der Waals surface area contributed by atoms with Gasteiger partial charge in [0.15, 0.2) is 17.3 Å². The highest BCUT2D eigenvalue weighted by molar-refractivity contribution is 6.00. The van der Waals surface area contributed by atoms with Crippen LogP contribution in [0.15, 0.2) is 40.7 Å². The molecule has 1 heterocycles. The van der Waals surface area contributed by atoms with E-state index in [2.05, 4.69) is 25.2 Å². The summed E-state index contributed by atoms with van der Waals surface area (Å²) in [6, 6.07) is 7.88. The van der Waals surface area contributed by atoms with Crippen LogP contribution in [0.5, 0.6) is 11.5 Å². The summed E-state index contributed by atoms with van der Waals surface area (Å²) in [7, 11) is 3.15. The number of methoxy groups -OCH3 is 2. The summed E-state index contributed by atoms with van der Waals surface area (Å²) in [5, 5.41) is 13.1. The van der Waals surface area contributed by atoms with Crippen molar-refractivity contribution in [2.45, 2.75) is 39.5 Å². The lowest BCUT2D eigenvalue weighted by Crippen LogP contribution is -2.37. The van der Waals surface area contributed by atoms with Gasteiger partial charge in [-0.05, 0) is 24.8 Å². The average molecular weight is 352 g/mol. The molecule has 0 amide bonds. The Labute approximate surface area is 154 Å². The van der Waals surface area contributed by atoms with E-state index in [4.69, 9.17) is 9.47 Å². The number of carbonyl (C=O) groups is 1. The van der Waals surface area contributed by atoms with Crippen molar-refractivity contribution in [2.75, 3.05) is 14.2 Å². The average Bonchev–Trinajstić information content (AvgIpc) is 2.58. The van der Waals surface area contributed by atoms with E-state index in [0.717, 1.165) is 23.4 Å². The van der Waals surface area contributed by atoms with Gasteiger partial charge in [0, 0.05) is 29.0 Å². The molecule has 2 aliphatic rings. The Bertz CT molecular complexity index is 872. The largest absolute Gasteiger partial charge is 0.493 e. The van der Waals surface area contributed by atoms with E-state index >= 15 is 0 Å². The molecule has 1 aliphatic heterocycles. The number of para-hydroxylation sites is 1. The van der Waals surface area contributed by atoms with Crippen LogP contribution >= 0.6 is 0 Å². The molecule has 1 aromatic carbocycles. The van der Waals surface area contributed by atoms with Gasteiger partial charge in [0.05, 0.1) is 31.8 Å². The molecular weight excluding hydrogens is 328 g/mol. The van der Waals surface area contributed by atoms with Gasteiger partial charge in [0.1, 0.15) is 0 Å². The van der Waals surface area contributed by atoms with Crippen LogP contribution in [-0.4, -0.2) is 20.0 Å². The number of ketones is 1. The molecule has 0 bridgehead atoms. The van der Waals surface area contributed by atoms with Gasteiger partial charge in [-0.2, -0.15) is 5.26 Å². The van der Waals surface area contributed by atoms with Gasteiger partial charge in [-0.15, -0.1) is 0 Å². The number of benzene rings is 1. The second-order valence-corrected chi connectivity index (χ2v) is 7.62. The molecule has 0 spiro atoms. The molecule has 1 aliphatic carbocycles. The summed E-state index contributed by atoms with van der Waals surface area (Å²) in [5.41, 5.74) is 3.60. The Kier molecular flexibility index (Phi) is 4.53. The lowest BCUT2D eigenvalue weighted by Gasteiger charge is -2.39. The van der Waals surface area contributed by atoms with E-state index in [1.54, 1.807) is 14.2 Å². The number of Topliss-reactive ketones (excluding diaryl/α,β-unsaturated/α-hetero) is 1. The summed E-state index contributed by atoms with van der Waals surface area (Å²) in [4.78, 5) is 13.0. The number of nitrogens with zero attached hydrogens (tertiary/aromatic N) is 1. The summed E-state index contributed by atoms with van der Waals surface area (Å²) < 4.78 is 11.0. The molecule has 0 aromatic heterocycles. The molecule has 1 atom stereocenters. The standard InChI is InChI=1S/C21H24N2O3/c1-12-14(11-22)18(13-7-6-8-17(25-4)20(13)26-5)19-15(23-12)9-21(2,3)10-16(19)24/h6-8,18,23H,9-10H2,1-5H3/t18-/m0/s1. The molecule has 1 N–H and O–H groups in total. The van der Waals surface area contributed by atoms with Crippen molar-refractivity contribution >= 4 is 5.78 Å². The van der Waals surface area contributed by atoms with Gasteiger partial charge in [-0.1, -0.05) is 26.0 Å². The Morgan fingerprint density at radius 3 is 2.58 bits per heavy atom. The molecule has 5 nitrogen and oxygen atoms in total. The third-order valence-electron chi connectivity index (χ3n) is 5.10. The van der Waals surface area contributed by atoms with Crippen LogP contribution in [0.25, 0.3) is 0 Å². The molecule has 26 heavy (non-hydrogen) atoms. The zero-order chi connectivity index (χ0) is 19.1. The number of nitriles is 1. The van der Waals surface area contributed by atoms with E-state index in [-0.39, 0.29) is 11.2 Å². The smallest absolute Gasteiger partial charge is 0.164 e. The van der Waals surface area contributed by atoms with E-state index in [0.29, 0.717) is 29.1 Å². The van der Waals surface area contributed by atoms with Crippen LogP contribution < -0.4 is 14.8 Å². The van der Waals surface area contributed by atoms with Gasteiger partial charge in [0.25, 0.3) is 0 Å².